The van der Waals surface area contributed by atoms with Gasteiger partial charge in [0.25, 0.3) is 0 Å². The second-order valence-corrected chi connectivity index (χ2v) is 5.51. The molecule has 0 amide bonds. The molecule has 1 atom stereocenters. The summed E-state index contributed by atoms with van der Waals surface area (Å²) in [5.74, 6) is 0.844. The van der Waals surface area contributed by atoms with Crippen LogP contribution in [0.2, 0.25) is 0 Å². The van der Waals surface area contributed by atoms with E-state index in [2.05, 4.69) is 5.32 Å². The molecule has 1 fully saturated rings. The predicted molar refractivity (Wildman–Crippen MR) is 70.4 cm³/mol. The maximum absolute atomic E-state index is 11.5. The van der Waals surface area contributed by atoms with Crippen molar-refractivity contribution < 1.29 is 14.3 Å². The largest absolute Gasteiger partial charge is 0.468 e. The number of likely N-dealkylation sites (N-methyl/N-ethyl adjacent to an activating group) is 1. The molecule has 0 aliphatic carbocycles. The molecular weight excluding hydrogens is 238 g/mol. The Kier molecular flexibility index (Phi) is 7.64. The lowest BCUT2D eigenvalue weighted by Gasteiger charge is -2.22. The smallest absolute Gasteiger partial charge is 0.322 e. The first-order chi connectivity index (χ1) is 8.27. The molecule has 0 bridgehead atoms. The number of ether oxygens (including phenoxy) is 2. The van der Waals surface area contributed by atoms with Gasteiger partial charge in [-0.25, -0.2) is 0 Å². The minimum absolute atomic E-state index is 0.153. The standard InChI is InChI=1S/C12H23NO3S/c1-3-13-11(12(14)15-2)6-9-17-10-4-7-16-8-5-10/h10-11,13H,3-9H2,1-2H3. The molecule has 0 radical (unpaired) electrons. The van der Waals surface area contributed by atoms with Crippen LogP contribution in [-0.4, -0.2) is 49.9 Å². The number of carbonyl (C=O) groups excluding carboxylic acids is 1. The Morgan fingerprint density at radius 3 is 2.82 bits per heavy atom. The first-order valence-electron chi connectivity index (χ1n) is 6.28. The third-order valence-electron chi connectivity index (χ3n) is 2.86. The summed E-state index contributed by atoms with van der Waals surface area (Å²) < 4.78 is 10.1. The van der Waals surface area contributed by atoms with Gasteiger partial charge in [0.1, 0.15) is 6.04 Å². The van der Waals surface area contributed by atoms with E-state index in [0.29, 0.717) is 5.25 Å². The van der Waals surface area contributed by atoms with Crippen LogP contribution < -0.4 is 5.32 Å². The summed E-state index contributed by atoms with van der Waals surface area (Å²) in [4.78, 5) is 11.5. The lowest BCUT2D eigenvalue weighted by Crippen LogP contribution is -2.38. The molecule has 0 spiro atoms. The lowest BCUT2D eigenvalue weighted by atomic mass is 10.2. The number of rotatable bonds is 7. The highest BCUT2D eigenvalue weighted by atomic mass is 32.2. The van der Waals surface area contributed by atoms with E-state index in [4.69, 9.17) is 9.47 Å². The third-order valence-corrected chi connectivity index (χ3v) is 4.28. The van der Waals surface area contributed by atoms with Crippen LogP contribution in [0.15, 0.2) is 0 Å². The van der Waals surface area contributed by atoms with Crippen molar-refractivity contribution in [1.82, 2.24) is 5.32 Å². The van der Waals surface area contributed by atoms with Gasteiger partial charge in [-0.05, 0) is 31.6 Å². The average molecular weight is 261 g/mol. The van der Waals surface area contributed by atoms with E-state index >= 15 is 0 Å². The summed E-state index contributed by atoms with van der Waals surface area (Å²) in [5, 5.41) is 3.86. The van der Waals surface area contributed by atoms with Gasteiger partial charge in [0, 0.05) is 18.5 Å². The second kappa shape index (κ2) is 8.78. The predicted octanol–water partition coefficient (Wildman–Crippen LogP) is 1.44. The Balaban J connectivity index is 2.18. The van der Waals surface area contributed by atoms with Crippen molar-refractivity contribution in [3.63, 3.8) is 0 Å². The van der Waals surface area contributed by atoms with Crippen molar-refractivity contribution in [1.29, 1.82) is 0 Å². The average Bonchev–Trinajstić information content (AvgIpc) is 2.38. The van der Waals surface area contributed by atoms with Crippen molar-refractivity contribution in [3.8, 4) is 0 Å². The molecule has 4 nitrogen and oxygen atoms in total. The van der Waals surface area contributed by atoms with Crippen LogP contribution in [-0.2, 0) is 14.3 Å². The maximum atomic E-state index is 11.5. The molecule has 1 heterocycles. The van der Waals surface area contributed by atoms with E-state index in [0.717, 1.165) is 44.8 Å². The topological polar surface area (TPSA) is 47.6 Å². The SMILES string of the molecule is CCNC(CCSC1CCOCC1)C(=O)OC. The van der Waals surface area contributed by atoms with Crippen molar-refractivity contribution in [3.05, 3.63) is 0 Å². The van der Waals surface area contributed by atoms with Gasteiger partial charge in [0.15, 0.2) is 0 Å². The Morgan fingerprint density at radius 2 is 2.24 bits per heavy atom. The monoisotopic (exact) mass is 261 g/mol. The van der Waals surface area contributed by atoms with Gasteiger partial charge in [0.2, 0.25) is 0 Å². The Morgan fingerprint density at radius 1 is 1.53 bits per heavy atom. The number of nitrogens with one attached hydrogen (secondary N) is 1. The van der Waals surface area contributed by atoms with Crippen LogP contribution in [0.1, 0.15) is 26.2 Å². The van der Waals surface area contributed by atoms with Gasteiger partial charge < -0.3 is 14.8 Å². The molecule has 1 aliphatic rings. The van der Waals surface area contributed by atoms with Crippen LogP contribution in [0, 0.1) is 0 Å². The first-order valence-corrected chi connectivity index (χ1v) is 7.33. The van der Waals surface area contributed by atoms with E-state index in [9.17, 15) is 4.79 Å². The number of methoxy groups -OCH3 is 1. The normalized spacial score (nSPS) is 18.9. The highest BCUT2D eigenvalue weighted by Crippen LogP contribution is 2.22. The van der Waals surface area contributed by atoms with E-state index < -0.39 is 0 Å². The lowest BCUT2D eigenvalue weighted by molar-refractivity contribution is -0.143. The summed E-state index contributed by atoms with van der Waals surface area (Å²) in [5.41, 5.74) is 0. The fraction of sp³-hybridized carbons (Fsp3) is 0.917. The highest BCUT2D eigenvalue weighted by molar-refractivity contribution is 7.99. The van der Waals surface area contributed by atoms with Crippen LogP contribution in [0.4, 0.5) is 0 Å². The summed E-state index contributed by atoms with van der Waals surface area (Å²) in [6.07, 6.45) is 3.10. The quantitative estimate of drug-likeness (QED) is 0.703. The van der Waals surface area contributed by atoms with E-state index in [1.807, 2.05) is 18.7 Å². The highest BCUT2D eigenvalue weighted by Gasteiger charge is 2.19. The van der Waals surface area contributed by atoms with Crippen LogP contribution in [0.25, 0.3) is 0 Å². The number of thioether (sulfide) groups is 1. The van der Waals surface area contributed by atoms with Gasteiger partial charge in [-0.3, -0.25) is 4.79 Å². The molecular formula is C12H23NO3S. The molecule has 1 unspecified atom stereocenters. The maximum Gasteiger partial charge on any atom is 0.322 e. The number of esters is 1. The zero-order valence-electron chi connectivity index (χ0n) is 10.7. The summed E-state index contributed by atoms with van der Waals surface area (Å²) in [6, 6.07) is -0.155. The molecule has 1 rings (SSSR count). The van der Waals surface area contributed by atoms with E-state index in [-0.39, 0.29) is 12.0 Å². The molecule has 100 valence electrons. The van der Waals surface area contributed by atoms with Gasteiger partial charge in [-0.2, -0.15) is 11.8 Å². The molecule has 17 heavy (non-hydrogen) atoms. The van der Waals surface area contributed by atoms with Crippen LogP contribution >= 0.6 is 11.8 Å². The minimum atomic E-state index is -0.155. The summed E-state index contributed by atoms with van der Waals surface area (Å²) in [6.45, 7) is 4.56. The molecule has 0 aromatic carbocycles. The zero-order valence-corrected chi connectivity index (χ0v) is 11.6. The molecule has 0 aromatic rings. The van der Waals surface area contributed by atoms with Crippen molar-refractivity contribution in [2.24, 2.45) is 0 Å². The molecule has 0 aromatic heterocycles. The summed E-state index contributed by atoms with van der Waals surface area (Å²) >= 11 is 1.95. The fourth-order valence-corrected chi connectivity index (χ4v) is 3.12. The molecule has 0 saturated carbocycles. The van der Waals surface area contributed by atoms with Gasteiger partial charge in [-0.1, -0.05) is 6.92 Å². The number of hydrogen-bond donors (Lipinski definition) is 1. The number of hydrogen-bond acceptors (Lipinski definition) is 5. The second-order valence-electron chi connectivity index (χ2n) is 4.10. The Hall–Kier alpha value is -0.260. The van der Waals surface area contributed by atoms with Gasteiger partial charge in [-0.15, -0.1) is 0 Å². The van der Waals surface area contributed by atoms with Crippen molar-refractivity contribution in [2.45, 2.75) is 37.5 Å². The van der Waals surface area contributed by atoms with Gasteiger partial charge in [0.05, 0.1) is 7.11 Å². The van der Waals surface area contributed by atoms with E-state index in [1.165, 1.54) is 7.11 Å². The first kappa shape index (κ1) is 14.8. The summed E-state index contributed by atoms with van der Waals surface area (Å²) in [7, 11) is 1.44. The Bertz CT molecular complexity index is 220. The number of carbonyl (C=O) groups is 1. The van der Waals surface area contributed by atoms with E-state index in [1.54, 1.807) is 0 Å². The van der Waals surface area contributed by atoms with Crippen LogP contribution in [0.5, 0.6) is 0 Å². The van der Waals surface area contributed by atoms with Crippen molar-refractivity contribution in [2.75, 3.05) is 32.6 Å². The molecule has 5 heteroatoms. The third kappa shape index (κ3) is 5.75. The Labute approximate surface area is 108 Å². The zero-order chi connectivity index (χ0) is 12.5. The fourth-order valence-electron chi connectivity index (χ4n) is 1.89. The van der Waals surface area contributed by atoms with Gasteiger partial charge >= 0.3 is 5.97 Å². The van der Waals surface area contributed by atoms with Crippen molar-refractivity contribution >= 4 is 17.7 Å². The van der Waals surface area contributed by atoms with Crippen LogP contribution in [0.3, 0.4) is 0 Å². The molecule has 1 N–H and O–H groups in total. The molecule has 1 saturated heterocycles. The minimum Gasteiger partial charge on any atom is -0.468 e. The molecule has 1 aliphatic heterocycles.